The molecule has 0 spiro atoms. The molecule has 0 unspecified atom stereocenters. The number of rotatable bonds is 8. The Balaban J connectivity index is 2.73. The van der Waals surface area contributed by atoms with Gasteiger partial charge in [0.1, 0.15) is 5.69 Å². The van der Waals surface area contributed by atoms with E-state index in [9.17, 15) is 18.5 Å². The van der Waals surface area contributed by atoms with Crippen LogP contribution in [0.15, 0.2) is 0 Å². The Morgan fingerprint density at radius 2 is 2.00 bits per heavy atom. The number of nitrogens with zero attached hydrogens (tertiary/aromatic N) is 3. The molecule has 0 bridgehead atoms. The number of nitro groups is 1. The lowest BCUT2D eigenvalue weighted by Crippen LogP contribution is -2.24. The Morgan fingerprint density at radius 1 is 1.38 bits per heavy atom. The summed E-state index contributed by atoms with van der Waals surface area (Å²) >= 11 is 0. The second kappa shape index (κ2) is 6.85. The van der Waals surface area contributed by atoms with Crippen LogP contribution >= 0.6 is 0 Å². The number of aryl methyl sites for hydroxylation is 1. The lowest BCUT2D eigenvalue weighted by atomic mass is 10.1. The third-order valence-electron chi connectivity index (χ3n) is 2.79. The van der Waals surface area contributed by atoms with Gasteiger partial charge in [0.25, 0.3) is 0 Å². The molecule has 10 heteroatoms. The van der Waals surface area contributed by atoms with Crippen molar-refractivity contribution in [3.8, 4) is 0 Å². The van der Waals surface area contributed by atoms with E-state index in [-0.39, 0.29) is 18.2 Å². The van der Waals surface area contributed by atoms with Crippen LogP contribution in [0.4, 0.5) is 11.5 Å². The molecule has 21 heavy (non-hydrogen) atoms. The fraction of sp³-hybridized carbons (Fsp3) is 0.727. The maximum Gasteiger partial charge on any atom is 0.334 e. The number of nitrogens with one attached hydrogen (secondary N) is 2. The smallest absolute Gasteiger partial charge is 0.334 e. The largest absolute Gasteiger partial charge is 0.364 e. The molecule has 0 aliphatic rings. The van der Waals surface area contributed by atoms with Crippen LogP contribution in [0.3, 0.4) is 0 Å². The highest BCUT2D eigenvalue weighted by atomic mass is 32.2. The predicted molar refractivity (Wildman–Crippen MR) is 79.9 cm³/mol. The van der Waals surface area contributed by atoms with Crippen molar-refractivity contribution in [1.82, 2.24) is 14.5 Å². The van der Waals surface area contributed by atoms with Crippen LogP contribution in [0.5, 0.6) is 0 Å². The van der Waals surface area contributed by atoms with Gasteiger partial charge >= 0.3 is 5.69 Å². The van der Waals surface area contributed by atoms with Gasteiger partial charge in [0.15, 0.2) is 0 Å². The summed E-state index contributed by atoms with van der Waals surface area (Å²) in [6.07, 6.45) is 1.59. The second-order valence-electron chi connectivity index (χ2n) is 5.06. The van der Waals surface area contributed by atoms with Crippen LogP contribution in [-0.4, -0.2) is 42.5 Å². The van der Waals surface area contributed by atoms with E-state index in [1.54, 1.807) is 7.05 Å². The fourth-order valence-electron chi connectivity index (χ4n) is 1.85. The Morgan fingerprint density at radius 3 is 2.48 bits per heavy atom. The molecule has 0 saturated heterocycles. The molecule has 0 fully saturated rings. The highest BCUT2D eigenvalue weighted by Gasteiger charge is 2.28. The quantitative estimate of drug-likeness (QED) is 0.415. The molecular formula is C11H21N5O4S. The topological polar surface area (TPSA) is 119 Å². The first-order chi connectivity index (χ1) is 9.63. The molecule has 120 valence electrons. The summed E-state index contributed by atoms with van der Waals surface area (Å²) in [5, 5.41) is 18.3. The average molecular weight is 319 g/mol. The maximum atomic E-state index is 11.2. The van der Waals surface area contributed by atoms with E-state index in [0.29, 0.717) is 24.5 Å². The van der Waals surface area contributed by atoms with Crippen LogP contribution in [0, 0.1) is 10.1 Å². The SMILES string of the molecule is CC(C)c1nn(C)c(NCCCNS(C)(=O)=O)c1[N+](=O)[O-]. The lowest BCUT2D eigenvalue weighted by Gasteiger charge is -2.06. The molecule has 0 aliphatic carbocycles. The van der Waals surface area contributed by atoms with Crippen LogP contribution < -0.4 is 10.0 Å². The normalized spacial score (nSPS) is 11.9. The molecule has 0 atom stereocenters. The summed E-state index contributed by atoms with van der Waals surface area (Å²) in [5.74, 6) is 0.280. The molecule has 0 amide bonds. The highest BCUT2D eigenvalue weighted by Crippen LogP contribution is 2.32. The van der Waals surface area contributed by atoms with E-state index in [2.05, 4.69) is 15.1 Å². The number of anilines is 1. The third kappa shape index (κ3) is 4.97. The Bertz CT molecular complexity index is 608. The van der Waals surface area contributed by atoms with Gasteiger partial charge in [0.2, 0.25) is 15.8 Å². The van der Waals surface area contributed by atoms with Crippen LogP contribution in [-0.2, 0) is 17.1 Å². The van der Waals surface area contributed by atoms with Crippen molar-refractivity contribution in [3.05, 3.63) is 15.8 Å². The molecule has 2 N–H and O–H groups in total. The van der Waals surface area contributed by atoms with E-state index in [1.165, 1.54) is 4.68 Å². The first kappa shape index (κ1) is 17.4. The molecule has 1 aromatic rings. The van der Waals surface area contributed by atoms with Crippen molar-refractivity contribution >= 4 is 21.5 Å². The van der Waals surface area contributed by atoms with Gasteiger partial charge < -0.3 is 5.32 Å². The molecular weight excluding hydrogens is 298 g/mol. The van der Waals surface area contributed by atoms with E-state index in [1.807, 2.05) is 13.8 Å². The molecule has 0 saturated carbocycles. The molecule has 1 rings (SSSR count). The van der Waals surface area contributed by atoms with Gasteiger partial charge in [-0.3, -0.25) is 10.1 Å². The van der Waals surface area contributed by atoms with Gasteiger partial charge in [-0.05, 0) is 6.42 Å². The molecule has 0 radical (unpaired) electrons. The zero-order chi connectivity index (χ0) is 16.2. The first-order valence-corrected chi connectivity index (χ1v) is 8.42. The number of aromatic nitrogens is 2. The standard InChI is InChI=1S/C11H21N5O4S/c1-8(2)9-10(16(17)18)11(15(3)14-9)12-6-5-7-13-21(4,19)20/h8,12-13H,5-7H2,1-4H3. The summed E-state index contributed by atoms with van der Waals surface area (Å²) in [5.41, 5.74) is 0.405. The zero-order valence-corrected chi connectivity index (χ0v) is 13.4. The van der Waals surface area contributed by atoms with Crippen molar-refractivity contribution in [3.63, 3.8) is 0 Å². The Kier molecular flexibility index (Phi) is 5.67. The second-order valence-corrected chi connectivity index (χ2v) is 6.90. The van der Waals surface area contributed by atoms with E-state index in [0.717, 1.165) is 6.26 Å². The minimum absolute atomic E-state index is 0.0245. The highest BCUT2D eigenvalue weighted by molar-refractivity contribution is 7.88. The van der Waals surface area contributed by atoms with Gasteiger partial charge in [0, 0.05) is 26.1 Å². The van der Waals surface area contributed by atoms with Crippen LogP contribution in [0.2, 0.25) is 0 Å². The fourth-order valence-corrected chi connectivity index (χ4v) is 2.37. The zero-order valence-electron chi connectivity index (χ0n) is 12.6. The number of sulfonamides is 1. The van der Waals surface area contributed by atoms with Gasteiger partial charge in [-0.25, -0.2) is 17.8 Å². The number of hydrogen-bond donors (Lipinski definition) is 2. The van der Waals surface area contributed by atoms with Gasteiger partial charge in [-0.1, -0.05) is 13.8 Å². The van der Waals surface area contributed by atoms with Gasteiger partial charge in [-0.2, -0.15) is 5.10 Å². The van der Waals surface area contributed by atoms with Gasteiger partial charge in [0.05, 0.1) is 11.2 Å². The van der Waals surface area contributed by atoms with Crippen molar-refractivity contribution in [2.75, 3.05) is 24.7 Å². The summed E-state index contributed by atoms with van der Waals surface area (Å²) in [4.78, 5) is 10.8. The first-order valence-electron chi connectivity index (χ1n) is 6.53. The average Bonchev–Trinajstić information content (AvgIpc) is 2.65. The summed E-state index contributed by atoms with van der Waals surface area (Å²) in [6.45, 7) is 4.36. The monoisotopic (exact) mass is 319 g/mol. The van der Waals surface area contributed by atoms with E-state index >= 15 is 0 Å². The molecule has 0 aromatic carbocycles. The summed E-state index contributed by atoms with van der Waals surface area (Å²) in [7, 11) is -1.57. The minimum Gasteiger partial charge on any atom is -0.364 e. The van der Waals surface area contributed by atoms with Crippen LogP contribution in [0.25, 0.3) is 0 Å². The summed E-state index contributed by atoms with van der Waals surface area (Å²) < 4.78 is 25.6. The molecule has 9 nitrogen and oxygen atoms in total. The van der Waals surface area contributed by atoms with Crippen molar-refractivity contribution in [1.29, 1.82) is 0 Å². The van der Waals surface area contributed by atoms with Crippen molar-refractivity contribution < 1.29 is 13.3 Å². The summed E-state index contributed by atoms with van der Waals surface area (Å²) in [6, 6.07) is 0. The lowest BCUT2D eigenvalue weighted by molar-refractivity contribution is -0.384. The number of hydrogen-bond acceptors (Lipinski definition) is 6. The van der Waals surface area contributed by atoms with Crippen molar-refractivity contribution in [2.45, 2.75) is 26.2 Å². The minimum atomic E-state index is -3.21. The third-order valence-corrected chi connectivity index (χ3v) is 3.52. The maximum absolute atomic E-state index is 11.2. The van der Waals surface area contributed by atoms with E-state index in [4.69, 9.17) is 0 Å². The molecule has 1 heterocycles. The van der Waals surface area contributed by atoms with E-state index < -0.39 is 14.9 Å². The molecule has 0 aliphatic heterocycles. The Hall–Kier alpha value is -1.68. The molecule has 1 aromatic heterocycles. The Labute approximate surface area is 123 Å². The van der Waals surface area contributed by atoms with Crippen molar-refractivity contribution in [2.24, 2.45) is 7.05 Å². The van der Waals surface area contributed by atoms with Crippen LogP contribution in [0.1, 0.15) is 31.9 Å². The predicted octanol–water partition coefficient (Wildman–Crippen LogP) is 0.803. The van der Waals surface area contributed by atoms with Gasteiger partial charge in [-0.15, -0.1) is 0 Å².